The summed E-state index contributed by atoms with van der Waals surface area (Å²) in [6.07, 6.45) is 3.30. The number of rotatable bonds is 2. The summed E-state index contributed by atoms with van der Waals surface area (Å²) in [6.45, 7) is 2.21. The van der Waals surface area contributed by atoms with Crippen molar-refractivity contribution in [2.75, 3.05) is 13.1 Å². The third kappa shape index (κ3) is 2.78. The van der Waals surface area contributed by atoms with Crippen LogP contribution in [-0.4, -0.2) is 25.0 Å². The number of amides is 1. The highest BCUT2D eigenvalue weighted by atomic mass is 19.1. The molecule has 1 aliphatic carbocycles. The van der Waals surface area contributed by atoms with E-state index in [9.17, 15) is 9.18 Å². The number of carbonyl (C=O) groups is 1. The van der Waals surface area contributed by atoms with Crippen molar-refractivity contribution in [2.45, 2.75) is 25.3 Å². The summed E-state index contributed by atoms with van der Waals surface area (Å²) >= 11 is 0. The second kappa shape index (κ2) is 5.29. The molecule has 1 aromatic carbocycles. The first-order valence-corrected chi connectivity index (χ1v) is 6.99. The number of carbonyl (C=O) groups excluding carboxylic acids is 1. The largest absolute Gasteiger partial charge is 0.349 e. The molecule has 1 saturated carbocycles. The van der Waals surface area contributed by atoms with Gasteiger partial charge in [-0.15, -0.1) is 0 Å². The number of fused-ring (bicyclic) bond motifs is 1. The molecule has 0 bridgehead atoms. The molecule has 1 aromatic rings. The topological polar surface area (TPSA) is 41.1 Å². The lowest BCUT2D eigenvalue weighted by Crippen LogP contribution is -2.40. The minimum atomic E-state index is -0.311. The molecule has 1 heterocycles. The zero-order valence-corrected chi connectivity index (χ0v) is 10.9. The molecule has 1 aliphatic heterocycles. The SMILES string of the molecule is O=C(NC1CC[C@H]2CNC[C@H]2C1)c1ccc(F)cc1. The highest BCUT2D eigenvalue weighted by molar-refractivity contribution is 5.94. The number of hydrogen-bond donors (Lipinski definition) is 2. The van der Waals surface area contributed by atoms with Crippen LogP contribution in [-0.2, 0) is 0 Å². The quantitative estimate of drug-likeness (QED) is 0.855. The van der Waals surface area contributed by atoms with Crippen LogP contribution in [0.4, 0.5) is 4.39 Å². The molecule has 3 atom stereocenters. The highest BCUT2D eigenvalue weighted by Gasteiger charge is 2.34. The van der Waals surface area contributed by atoms with Gasteiger partial charge in [0.15, 0.2) is 0 Å². The van der Waals surface area contributed by atoms with Crippen molar-refractivity contribution in [3.05, 3.63) is 35.6 Å². The van der Waals surface area contributed by atoms with Gasteiger partial charge in [-0.2, -0.15) is 0 Å². The zero-order valence-electron chi connectivity index (χ0n) is 10.9. The normalized spacial score (nSPS) is 29.8. The van der Waals surface area contributed by atoms with Crippen LogP contribution in [0, 0.1) is 17.7 Å². The van der Waals surface area contributed by atoms with Gasteiger partial charge in [0.2, 0.25) is 0 Å². The second-order valence-corrected chi connectivity index (χ2v) is 5.67. The molecule has 3 rings (SSSR count). The lowest BCUT2D eigenvalue weighted by molar-refractivity contribution is 0.0913. The second-order valence-electron chi connectivity index (χ2n) is 5.67. The van der Waals surface area contributed by atoms with Crippen LogP contribution in [0.2, 0.25) is 0 Å². The van der Waals surface area contributed by atoms with Crippen LogP contribution in [0.5, 0.6) is 0 Å². The van der Waals surface area contributed by atoms with E-state index < -0.39 is 0 Å². The summed E-state index contributed by atoms with van der Waals surface area (Å²) in [7, 11) is 0. The first-order chi connectivity index (χ1) is 9.22. The summed E-state index contributed by atoms with van der Waals surface area (Å²) in [5, 5.41) is 6.50. The van der Waals surface area contributed by atoms with Crippen molar-refractivity contribution in [1.29, 1.82) is 0 Å². The fraction of sp³-hybridized carbons (Fsp3) is 0.533. The molecular weight excluding hydrogens is 243 g/mol. The molecule has 0 aromatic heterocycles. The number of hydrogen-bond acceptors (Lipinski definition) is 2. The van der Waals surface area contributed by atoms with E-state index in [1.165, 1.54) is 30.7 Å². The van der Waals surface area contributed by atoms with E-state index in [1.807, 2.05) is 0 Å². The molecule has 0 spiro atoms. The minimum Gasteiger partial charge on any atom is -0.349 e. The molecule has 2 fully saturated rings. The molecule has 2 N–H and O–H groups in total. The predicted molar refractivity (Wildman–Crippen MR) is 71.4 cm³/mol. The summed E-state index contributed by atoms with van der Waals surface area (Å²) in [6, 6.07) is 5.99. The van der Waals surface area contributed by atoms with E-state index in [1.54, 1.807) is 0 Å². The molecule has 1 amide bonds. The molecule has 19 heavy (non-hydrogen) atoms. The van der Waals surface area contributed by atoms with Gasteiger partial charge in [0, 0.05) is 11.6 Å². The standard InChI is InChI=1S/C15H19FN2O/c16-13-4-1-10(2-5-13)15(19)18-14-6-3-11-8-17-9-12(11)7-14/h1-2,4-5,11-12,14,17H,3,6-9H2,(H,18,19)/t11-,12+,14?/m0/s1. The highest BCUT2D eigenvalue weighted by Crippen LogP contribution is 2.32. The van der Waals surface area contributed by atoms with Crippen LogP contribution in [0.1, 0.15) is 29.6 Å². The van der Waals surface area contributed by atoms with Crippen molar-refractivity contribution < 1.29 is 9.18 Å². The Bertz CT molecular complexity index is 460. The predicted octanol–water partition coefficient (Wildman–Crippen LogP) is 1.94. The van der Waals surface area contributed by atoms with E-state index in [0.29, 0.717) is 11.5 Å². The Morgan fingerprint density at radius 1 is 1.16 bits per heavy atom. The Hall–Kier alpha value is -1.42. The molecule has 3 nitrogen and oxygen atoms in total. The first-order valence-electron chi connectivity index (χ1n) is 6.99. The lowest BCUT2D eigenvalue weighted by Gasteiger charge is -2.31. The van der Waals surface area contributed by atoms with Crippen molar-refractivity contribution in [3.8, 4) is 0 Å². The van der Waals surface area contributed by atoms with Gasteiger partial charge in [0.1, 0.15) is 5.82 Å². The fourth-order valence-electron chi connectivity index (χ4n) is 3.30. The van der Waals surface area contributed by atoms with Gasteiger partial charge in [-0.1, -0.05) is 0 Å². The molecule has 4 heteroatoms. The first kappa shape index (κ1) is 12.6. The summed E-state index contributed by atoms with van der Waals surface area (Å²) in [5.41, 5.74) is 0.535. The van der Waals surface area contributed by atoms with Gasteiger partial charge < -0.3 is 10.6 Å². The molecule has 2 aliphatic rings. The summed E-state index contributed by atoms with van der Waals surface area (Å²) in [4.78, 5) is 12.1. The molecular formula is C15H19FN2O. The molecule has 0 radical (unpaired) electrons. The van der Waals surface area contributed by atoms with Crippen molar-refractivity contribution in [2.24, 2.45) is 11.8 Å². The van der Waals surface area contributed by atoms with E-state index in [0.717, 1.165) is 31.8 Å². The van der Waals surface area contributed by atoms with Crippen LogP contribution in [0.25, 0.3) is 0 Å². The van der Waals surface area contributed by atoms with Crippen molar-refractivity contribution >= 4 is 5.91 Å². The van der Waals surface area contributed by atoms with Gasteiger partial charge >= 0.3 is 0 Å². The zero-order chi connectivity index (χ0) is 13.2. The van der Waals surface area contributed by atoms with Crippen LogP contribution in [0.15, 0.2) is 24.3 Å². The Labute approximate surface area is 112 Å². The smallest absolute Gasteiger partial charge is 0.251 e. The monoisotopic (exact) mass is 262 g/mol. The van der Waals surface area contributed by atoms with E-state index in [-0.39, 0.29) is 17.8 Å². The minimum absolute atomic E-state index is 0.0885. The number of benzene rings is 1. The van der Waals surface area contributed by atoms with Gasteiger partial charge in [0.25, 0.3) is 5.91 Å². The average molecular weight is 262 g/mol. The lowest BCUT2D eigenvalue weighted by atomic mass is 9.79. The maximum absolute atomic E-state index is 12.8. The maximum atomic E-state index is 12.8. The average Bonchev–Trinajstić information content (AvgIpc) is 2.87. The van der Waals surface area contributed by atoms with E-state index in [2.05, 4.69) is 10.6 Å². The van der Waals surface area contributed by atoms with Crippen LogP contribution in [0.3, 0.4) is 0 Å². The summed E-state index contributed by atoms with van der Waals surface area (Å²) in [5.74, 6) is 1.09. The Morgan fingerprint density at radius 3 is 2.68 bits per heavy atom. The Balaban J connectivity index is 1.59. The molecule has 1 unspecified atom stereocenters. The van der Waals surface area contributed by atoms with Crippen molar-refractivity contribution in [1.82, 2.24) is 10.6 Å². The van der Waals surface area contributed by atoms with Gasteiger partial charge in [-0.3, -0.25) is 4.79 Å². The van der Waals surface area contributed by atoms with E-state index in [4.69, 9.17) is 0 Å². The number of halogens is 1. The van der Waals surface area contributed by atoms with Gasteiger partial charge in [0.05, 0.1) is 0 Å². The Kier molecular flexibility index (Phi) is 3.51. The van der Waals surface area contributed by atoms with Crippen LogP contribution < -0.4 is 10.6 Å². The summed E-state index contributed by atoms with van der Waals surface area (Å²) < 4.78 is 12.8. The molecule has 1 saturated heterocycles. The van der Waals surface area contributed by atoms with Gasteiger partial charge in [-0.25, -0.2) is 4.39 Å². The molecule has 102 valence electrons. The Morgan fingerprint density at radius 2 is 1.89 bits per heavy atom. The fourth-order valence-corrected chi connectivity index (χ4v) is 3.30. The number of nitrogens with one attached hydrogen (secondary N) is 2. The van der Waals surface area contributed by atoms with E-state index >= 15 is 0 Å². The third-order valence-corrected chi connectivity index (χ3v) is 4.39. The van der Waals surface area contributed by atoms with Crippen molar-refractivity contribution in [3.63, 3.8) is 0 Å². The third-order valence-electron chi connectivity index (χ3n) is 4.39. The maximum Gasteiger partial charge on any atom is 0.251 e. The van der Waals surface area contributed by atoms with Crippen LogP contribution >= 0.6 is 0 Å². The van der Waals surface area contributed by atoms with Gasteiger partial charge in [-0.05, 0) is 68.5 Å².